The van der Waals surface area contributed by atoms with Crippen molar-refractivity contribution in [3.8, 4) is 5.75 Å². The predicted octanol–water partition coefficient (Wildman–Crippen LogP) is 1.82. The second kappa shape index (κ2) is 7.89. The number of pyridine rings is 1. The molecule has 1 heterocycles. The van der Waals surface area contributed by atoms with E-state index in [1.165, 1.54) is 18.6 Å². The monoisotopic (exact) mass is 348 g/mol. The zero-order valence-electron chi connectivity index (χ0n) is 13.7. The van der Waals surface area contributed by atoms with Gasteiger partial charge in [-0.05, 0) is 22.9 Å². The van der Waals surface area contributed by atoms with Crippen LogP contribution >= 0.6 is 0 Å². The number of aromatic hydroxyl groups is 1. The van der Waals surface area contributed by atoms with Gasteiger partial charge in [0.1, 0.15) is 5.75 Å². The number of hydrogen-bond donors (Lipinski definition) is 3. The second-order valence-electron chi connectivity index (χ2n) is 5.44. The lowest BCUT2D eigenvalue weighted by Gasteiger charge is -2.07. The maximum absolute atomic E-state index is 12.3. The molecule has 0 fully saturated rings. The quantitative estimate of drug-likeness (QED) is 0.483. The number of benzene rings is 2. The van der Waals surface area contributed by atoms with Crippen LogP contribution in [0.4, 0.5) is 0 Å². The molecule has 0 aliphatic heterocycles. The molecule has 0 spiro atoms. The predicted molar refractivity (Wildman–Crippen MR) is 97.9 cm³/mol. The Balaban J connectivity index is 1.57. The van der Waals surface area contributed by atoms with Gasteiger partial charge < -0.3 is 10.4 Å². The van der Waals surface area contributed by atoms with Crippen LogP contribution < -0.4 is 10.7 Å². The fourth-order valence-electron chi connectivity index (χ4n) is 2.40. The van der Waals surface area contributed by atoms with Crippen molar-refractivity contribution in [2.24, 2.45) is 5.10 Å². The first-order chi connectivity index (χ1) is 12.6. The summed E-state index contributed by atoms with van der Waals surface area (Å²) in [4.78, 5) is 27.9. The van der Waals surface area contributed by atoms with E-state index in [4.69, 9.17) is 0 Å². The SMILES string of the molecule is O=C(CNC(=O)c1cccc2ccccc12)NN=Cc1ccncc1O. The molecule has 0 radical (unpaired) electrons. The van der Waals surface area contributed by atoms with Crippen molar-refractivity contribution in [1.29, 1.82) is 0 Å². The molecule has 2 aromatic carbocycles. The molecular formula is C19H16N4O3. The van der Waals surface area contributed by atoms with E-state index in [1.807, 2.05) is 30.3 Å². The fourth-order valence-corrected chi connectivity index (χ4v) is 2.40. The van der Waals surface area contributed by atoms with Gasteiger partial charge in [0.2, 0.25) is 0 Å². The maximum atomic E-state index is 12.3. The Morgan fingerprint density at radius 2 is 1.92 bits per heavy atom. The van der Waals surface area contributed by atoms with Crippen molar-refractivity contribution < 1.29 is 14.7 Å². The molecule has 0 aliphatic rings. The molecule has 7 nitrogen and oxygen atoms in total. The summed E-state index contributed by atoms with van der Waals surface area (Å²) in [5, 5.41) is 17.6. The number of carbonyl (C=O) groups excluding carboxylic acids is 2. The molecule has 2 amide bonds. The van der Waals surface area contributed by atoms with Crippen molar-refractivity contribution in [2.45, 2.75) is 0 Å². The molecule has 0 bridgehead atoms. The lowest BCUT2D eigenvalue weighted by atomic mass is 10.0. The van der Waals surface area contributed by atoms with Crippen molar-refractivity contribution in [3.05, 3.63) is 72.1 Å². The molecule has 0 saturated carbocycles. The Morgan fingerprint density at radius 1 is 1.12 bits per heavy atom. The molecule has 7 heteroatoms. The van der Waals surface area contributed by atoms with E-state index in [2.05, 4.69) is 20.8 Å². The largest absolute Gasteiger partial charge is 0.506 e. The van der Waals surface area contributed by atoms with Gasteiger partial charge in [-0.15, -0.1) is 0 Å². The minimum Gasteiger partial charge on any atom is -0.506 e. The van der Waals surface area contributed by atoms with Crippen LogP contribution in [-0.4, -0.2) is 34.7 Å². The molecule has 0 saturated heterocycles. The highest BCUT2D eigenvalue weighted by molar-refractivity contribution is 6.07. The zero-order chi connectivity index (χ0) is 18.4. The van der Waals surface area contributed by atoms with E-state index < -0.39 is 5.91 Å². The number of nitrogens with one attached hydrogen (secondary N) is 2. The Kier molecular flexibility index (Phi) is 5.19. The molecule has 26 heavy (non-hydrogen) atoms. The Hall–Kier alpha value is -3.74. The van der Waals surface area contributed by atoms with Crippen LogP contribution in [0.2, 0.25) is 0 Å². The summed E-state index contributed by atoms with van der Waals surface area (Å²) in [6.45, 7) is -0.221. The number of amides is 2. The number of rotatable bonds is 5. The van der Waals surface area contributed by atoms with Gasteiger partial charge in [-0.1, -0.05) is 36.4 Å². The third-order valence-electron chi connectivity index (χ3n) is 3.67. The van der Waals surface area contributed by atoms with E-state index in [-0.39, 0.29) is 18.2 Å². The molecule has 3 rings (SSSR count). The molecule has 3 aromatic rings. The molecule has 1 aromatic heterocycles. The van der Waals surface area contributed by atoms with Crippen molar-refractivity contribution >= 4 is 28.8 Å². The molecule has 0 unspecified atom stereocenters. The van der Waals surface area contributed by atoms with Gasteiger partial charge in [0, 0.05) is 17.3 Å². The highest BCUT2D eigenvalue weighted by Gasteiger charge is 2.10. The normalized spacial score (nSPS) is 10.8. The van der Waals surface area contributed by atoms with E-state index in [0.29, 0.717) is 11.1 Å². The van der Waals surface area contributed by atoms with Crippen molar-refractivity contribution in [1.82, 2.24) is 15.7 Å². The van der Waals surface area contributed by atoms with Gasteiger partial charge in [0.05, 0.1) is 19.0 Å². The lowest BCUT2D eigenvalue weighted by Crippen LogP contribution is -2.35. The number of fused-ring (bicyclic) bond motifs is 1. The smallest absolute Gasteiger partial charge is 0.259 e. The summed E-state index contributed by atoms with van der Waals surface area (Å²) in [5.74, 6) is -0.870. The van der Waals surface area contributed by atoms with Crippen LogP contribution in [0.25, 0.3) is 10.8 Å². The summed E-state index contributed by atoms with van der Waals surface area (Å²) >= 11 is 0. The first-order valence-corrected chi connectivity index (χ1v) is 7.86. The van der Waals surface area contributed by atoms with Gasteiger partial charge in [-0.2, -0.15) is 5.10 Å². The topological polar surface area (TPSA) is 104 Å². The van der Waals surface area contributed by atoms with Gasteiger partial charge >= 0.3 is 0 Å². The van der Waals surface area contributed by atoms with Crippen LogP contribution in [0.15, 0.2) is 66.0 Å². The van der Waals surface area contributed by atoms with Gasteiger partial charge in [0.15, 0.2) is 0 Å². The minimum absolute atomic E-state index is 0.0465. The minimum atomic E-state index is -0.483. The second-order valence-corrected chi connectivity index (χ2v) is 5.44. The summed E-state index contributed by atoms with van der Waals surface area (Å²) in [5.41, 5.74) is 3.20. The molecular weight excluding hydrogens is 332 g/mol. The van der Waals surface area contributed by atoms with Gasteiger partial charge in [-0.3, -0.25) is 14.6 Å². The molecule has 3 N–H and O–H groups in total. The standard InChI is InChI=1S/C19H16N4O3/c24-17-11-20-9-8-14(17)10-22-23-18(25)12-21-19(26)16-7-3-5-13-4-1-2-6-15(13)16/h1-11,24H,12H2,(H,21,26)(H,23,25). The summed E-state index contributed by atoms with van der Waals surface area (Å²) in [7, 11) is 0. The highest BCUT2D eigenvalue weighted by Crippen LogP contribution is 2.18. The van der Waals surface area contributed by atoms with Gasteiger partial charge in [0.25, 0.3) is 11.8 Å². The Labute approximate surface area is 149 Å². The number of carbonyl (C=O) groups is 2. The van der Waals surface area contributed by atoms with Crippen LogP contribution in [0.1, 0.15) is 15.9 Å². The fraction of sp³-hybridized carbons (Fsp3) is 0.0526. The van der Waals surface area contributed by atoms with Crippen LogP contribution in [0.5, 0.6) is 5.75 Å². The first kappa shape index (κ1) is 17.1. The number of nitrogens with zero attached hydrogens (tertiary/aromatic N) is 2. The average Bonchev–Trinajstić information content (AvgIpc) is 2.67. The van der Waals surface area contributed by atoms with E-state index in [1.54, 1.807) is 18.2 Å². The van der Waals surface area contributed by atoms with Crippen LogP contribution in [0, 0.1) is 0 Å². The Bertz CT molecular complexity index is 980. The number of hydrogen-bond acceptors (Lipinski definition) is 5. The lowest BCUT2D eigenvalue weighted by molar-refractivity contribution is -0.120. The molecule has 130 valence electrons. The molecule has 0 atom stereocenters. The number of hydrazone groups is 1. The summed E-state index contributed by atoms with van der Waals surface area (Å²) < 4.78 is 0. The van der Waals surface area contributed by atoms with Crippen LogP contribution in [-0.2, 0) is 4.79 Å². The first-order valence-electron chi connectivity index (χ1n) is 7.86. The van der Waals surface area contributed by atoms with Gasteiger partial charge in [-0.25, -0.2) is 5.43 Å². The maximum Gasteiger partial charge on any atom is 0.259 e. The van der Waals surface area contributed by atoms with E-state index in [9.17, 15) is 14.7 Å². The summed E-state index contributed by atoms with van der Waals surface area (Å²) in [6, 6.07) is 14.5. The highest BCUT2D eigenvalue weighted by atomic mass is 16.3. The zero-order valence-corrected chi connectivity index (χ0v) is 13.7. The average molecular weight is 348 g/mol. The molecule has 0 aliphatic carbocycles. The Morgan fingerprint density at radius 3 is 2.77 bits per heavy atom. The number of aromatic nitrogens is 1. The van der Waals surface area contributed by atoms with Crippen molar-refractivity contribution in [3.63, 3.8) is 0 Å². The van der Waals surface area contributed by atoms with E-state index >= 15 is 0 Å². The van der Waals surface area contributed by atoms with Crippen LogP contribution in [0.3, 0.4) is 0 Å². The van der Waals surface area contributed by atoms with Crippen molar-refractivity contribution in [2.75, 3.05) is 6.54 Å². The third-order valence-corrected chi connectivity index (χ3v) is 3.67. The third kappa shape index (κ3) is 4.02. The van der Waals surface area contributed by atoms with E-state index in [0.717, 1.165) is 10.8 Å². The summed E-state index contributed by atoms with van der Waals surface area (Å²) in [6.07, 6.45) is 4.06.